The summed E-state index contributed by atoms with van der Waals surface area (Å²) in [6, 6.07) is 2.81. The Morgan fingerprint density at radius 3 is 2.76 bits per heavy atom. The minimum absolute atomic E-state index is 0.200. The molecule has 0 aliphatic rings. The van der Waals surface area contributed by atoms with Gasteiger partial charge in [0.2, 0.25) is 0 Å². The molecule has 7 heteroatoms. The van der Waals surface area contributed by atoms with Crippen LogP contribution in [0.5, 0.6) is 0 Å². The van der Waals surface area contributed by atoms with Crippen LogP contribution in [-0.4, -0.2) is 9.78 Å². The molecule has 21 heavy (non-hydrogen) atoms. The van der Waals surface area contributed by atoms with Crippen LogP contribution >= 0.6 is 15.9 Å². The molecule has 3 N–H and O–H groups in total. The van der Waals surface area contributed by atoms with Crippen molar-refractivity contribution in [1.29, 1.82) is 0 Å². The first kappa shape index (κ1) is 16.1. The van der Waals surface area contributed by atoms with Crippen molar-refractivity contribution >= 4 is 15.9 Å². The molecule has 0 radical (unpaired) electrons. The molecule has 0 aliphatic heterocycles. The zero-order valence-corrected chi connectivity index (χ0v) is 13.4. The Hall–Kier alpha value is -1.31. The largest absolute Gasteiger partial charge is 0.271 e. The van der Waals surface area contributed by atoms with Crippen LogP contribution in [0.2, 0.25) is 0 Å². The number of benzene rings is 1. The molecule has 0 saturated heterocycles. The van der Waals surface area contributed by atoms with E-state index in [9.17, 15) is 8.78 Å². The Morgan fingerprint density at radius 1 is 1.43 bits per heavy atom. The Bertz CT molecular complexity index is 642. The molecule has 2 aromatic rings. The van der Waals surface area contributed by atoms with Gasteiger partial charge in [-0.15, -0.1) is 0 Å². The predicted octanol–water partition coefficient (Wildman–Crippen LogP) is 3.00. The highest BCUT2D eigenvalue weighted by molar-refractivity contribution is 9.10. The van der Waals surface area contributed by atoms with Gasteiger partial charge in [0.15, 0.2) is 0 Å². The van der Waals surface area contributed by atoms with Gasteiger partial charge >= 0.3 is 0 Å². The van der Waals surface area contributed by atoms with Crippen molar-refractivity contribution in [2.75, 3.05) is 0 Å². The fourth-order valence-electron chi connectivity index (χ4n) is 2.30. The second-order valence-corrected chi connectivity index (χ2v) is 5.54. The molecule has 1 aromatic heterocycles. The average molecular weight is 359 g/mol. The third kappa shape index (κ3) is 3.30. The third-order valence-corrected chi connectivity index (χ3v) is 4.42. The van der Waals surface area contributed by atoms with E-state index in [0.29, 0.717) is 13.0 Å². The minimum Gasteiger partial charge on any atom is -0.271 e. The SMILES string of the molecule is CCn1nc(C)c(Br)c1CC(NN)c1cc(F)ccc1F. The Morgan fingerprint density at radius 2 is 2.14 bits per heavy atom. The van der Waals surface area contributed by atoms with Gasteiger partial charge in [0.1, 0.15) is 11.6 Å². The first-order chi connectivity index (χ1) is 9.97. The van der Waals surface area contributed by atoms with Gasteiger partial charge in [-0.3, -0.25) is 16.0 Å². The van der Waals surface area contributed by atoms with Gasteiger partial charge in [-0.05, 0) is 48.0 Å². The van der Waals surface area contributed by atoms with E-state index in [0.717, 1.165) is 34.1 Å². The number of nitrogens with zero attached hydrogens (tertiary/aromatic N) is 2. The summed E-state index contributed by atoms with van der Waals surface area (Å²) in [6.45, 7) is 4.54. The highest BCUT2D eigenvalue weighted by Gasteiger charge is 2.21. The second kappa shape index (κ2) is 6.64. The molecule has 0 saturated carbocycles. The van der Waals surface area contributed by atoms with Gasteiger partial charge in [-0.1, -0.05) is 0 Å². The number of hydrazine groups is 1. The lowest BCUT2D eigenvalue weighted by Crippen LogP contribution is -2.31. The fourth-order valence-corrected chi connectivity index (χ4v) is 2.74. The van der Waals surface area contributed by atoms with Gasteiger partial charge in [0, 0.05) is 18.5 Å². The number of hydrogen-bond donors (Lipinski definition) is 2. The molecule has 0 spiro atoms. The number of halogens is 3. The van der Waals surface area contributed by atoms with Crippen LogP contribution in [0, 0.1) is 18.6 Å². The highest BCUT2D eigenvalue weighted by atomic mass is 79.9. The molecule has 0 bridgehead atoms. The van der Waals surface area contributed by atoms with Gasteiger partial charge in [-0.25, -0.2) is 8.78 Å². The predicted molar refractivity (Wildman–Crippen MR) is 80.5 cm³/mol. The lowest BCUT2D eigenvalue weighted by Gasteiger charge is -2.18. The van der Waals surface area contributed by atoms with Crippen LogP contribution in [-0.2, 0) is 13.0 Å². The fraction of sp³-hybridized carbons (Fsp3) is 0.357. The number of hydrogen-bond acceptors (Lipinski definition) is 3. The maximum atomic E-state index is 13.9. The maximum Gasteiger partial charge on any atom is 0.128 e. The van der Waals surface area contributed by atoms with Gasteiger partial charge in [0.05, 0.1) is 21.9 Å². The van der Waals surface area contributed by atoms with Crippen molar-refractivity contribution in [2.45, 2.75) is 32.9 Å². The van der Waals surface area contributed by atoms with Crippen molar-refractivity contribution in [3.63, 3.8) is 0 Å². The quantitative estimate of drug-likeness (QED) is 0.638. The van der Waals surface area contributed by atoms with Gasteiger partial charge < -0.3 is 0 Å². The number of aryl methyl sites for hydroxylation is 2. The van der Waals surface area contributed by atoms with Crippen molar-refractivity contribution in [2.24, 2.45) is 5.84 Å². The molecular weight excluding hydrogens is 342 g/mol. The van der Waals surface area contributed by atoms with Crippen LogP contribution in [0.4, 0.5) is 8.78 Å². The van der Waals surface area contributed by atoms with Crippen LogP contribution in [0.1, 0.15) is 29.9 Å². The van der Waals surface area contributed by atoms with Gasteiger partial charge in [0.25, 0.3) is 0 Å². The summed E-state index contributed by atoms with van der Waals surface area (Å²) in [7, 11) is 0. The Labute approximate surface area is 130 Å². The van der Waals surface area contributed by atoms with Crippen LogP contribution in [0.15, 0.2) is 22.7 Å². The zero-order chi connectivity index (χ0) is 15.6. The molecule has 1 unspecified atom stereocenters. The number of nitrogens with one attached hydrogen (secondary N) is 1. The van der Waals surface area contributed by atoms with Gasteiger partial charge in [-0.2, -0.15) is 5.10 Å². The molecule has 1 heterocycles. The van der Waals surface area contributed by atoms with E-state index in [-0.39, 0.29) is 5.56 Å². The molecule has 114 valence electrons. The van der Waals surface area contributed by atoms with E-state index >= 15 is 0 Å². The van der Waals surface area contributed by atoms with Crippen molar-refractivity contribution in [3.05, 3.63) is 51.3 Å². The summed E-state index contributed by atoms with van der Waals surface area (Å²) in [5.74, 6) is 4.55. The molecular formula is C14H17BrF2N4. The van der Waals surface area contributed by atoms with E-state index in [1.165, 1.54) is 0 Å². The summed E-state index contributed by atoms with van der Waals surface area (Å²) >= 11 is 3.49. The molecule has 0 fully saturated rings. The zero-order valence-electron chi connectivity index (χ0n) is 11.8. The second-order valence-electron chi connectivity index (χ2n) is 4.75. The Kier molecular flexibility index (Phi) is 5.08. The minimum atomic E-state index is -0.543. The topological polar surface area (TPSA) is 55.9 Å². The summed E-state index contributed by atoms with van der Waals surface area (Å²) in [5, 5.41) is 4.38. The molecule has 1 aromatic carbocycles. The standard InChI is InChI=1S/C14H17BrF2N4/c1-3-21-13(14(15)8(2)20-21)7-12(19-18)10-6-9(16)4-5-11(10)17/h4-6,12,19H,3,7,18H2,1-2H3. The maximum absolute atomic E-state index is 13.9. The molecule has 0 amide bonds. The molecule has 4 nitrogen and oxygen atoms in total. The van der Waals surface area contributed by atoms with Crippen LogP contribution in [0.3, 0.4) is 0 Å². The lowest BCUT2D eigenvalue weighted by atomic mass is 10.0. The summed E-state index contributed by atoms with van der Waals surface area (Å²) in [6.07, 6.45) is 0.395. The van der Waals surface area contributed by atoms with Crippen molar-refractivity contribution in [1.82, 2.24) is 15.2 Å². The number of nitrogens with two attached hydrogens (primary N) is 1. The monoisotopic (exact) mass is 358 g/mol. The highest BCUT2D eigenvalue weighted by Crippen LogP contribution is 2.27. The average Bonchev–Trinajstić information content (AvgIpc) is 2.74. The summed E-state index contributed by atoms with van der Waals surface area (Å²) in [5.41, 5.74) is 4.49. The van der Waals surface area contributed by atoms with E-state index < -0.39 is 17.7 Å². The van der Waals surface area contributed by atoms with Crippen molar-refractivity contribution in [3.8, 4) is 0 Å². The van der Waals surface area contributed by atoms with Crippen LogP contribution in [0.25, 0.3) is 0 Å². The van der Waals surface area contributed by atoms with E-state index in [1.54, 1.807) is 0 Å². The van der Waals surface area contributed by atoms with E-state index in [1.807, 2.05) is 18.5 Å². The van der Waals surface area contributed by atoms with Crippen molar-refractivity contribution < 1.29 is 8.78 Å². The first-order valence-corrected chi connectivity index (χ1v) is 7.40. The first-order valence-electron chi connectivity index (χ1n) is 6.60. The Balaban J connectivity index is 2.38. The molecule has 1 atom stereocenters. The number of rotatable bonds is 5. The molecule has 0 aliphatic carbocycles. The summed E-state index contributed by atoms with van der Waals surface area (Å²) in [4.78, 5) is 0. The third-order valence-electron chi connectivity index (χ3n) is 3.38. The molecule has 2 rings (SSSR count). The normalized spacial score (nSPS) is 12.7. The smallest absolute Gasteiger partial charge is 0.128 e. The summed E-state index contributed by atoms with van der Waals surface area (Å²) < 4.78 is 29.9. The number of aromatic nitrogens is 2. The van der Waals surface area contributed by atoms with Crippen LogP contribution < -0.4 is 11.3 Å². The van der Waals surface area contributed by atoms with E-state index in [4.69, 9.17) is 5.84 Å². The van der Waals surface area contributed by atoms with E-state index in [2.05, 4.69) is 26.5 Å². The lowest BCUT2D eigenvalue weighted by molar-refractivity contribution is 0.484.